The second-order valence-electron chi connectivity index (χ2n) is 11.0. The van der Waals surface area contributed by atoms with Gasteiger partial charge in [0.05, 0.1) is 6.17 Å². The summed E-state index contributed by atoms with van der Waals surface area (Å²) in [5, 5.41) is 0. The first-order valence-corrected chi connectivity index (χ1v) is 15.8. The maximum Gasteiger partial charge on any atom is 0.0520 e. The molecule has 2 heteroatoms. The molecule has 33 heavy (non-hydrogen) atoms. The molecule has 0 bridgehead atoms. The summed E-state index contributed by atoms with van der Waals surface area (Å²) in [6.45, 7) is 2.30. The summed E-state index contributed by atoms with van der Waals surface area (Å²) in [5.74, 6) is 0. The monoisotopic (exact) mass is 467 g/mol. The second-order valence-corrected chi connectivity index (χ2v) is 11.0. The molecule has 0 aromatic carbocycles. The molecule has 200 valence electrons. The van der Waals surface area contributed by atoms with Crippen LogP contribution in [-0.2, 0) is 0 Å². The highest BCUT2D eigenvalue weighted by atomic mass is 14.8. The summed E-state index contributed by atoms with van der Waals surface area (Å²) in [7, 11) is 0. The minimum Gasteiger partial charge on any atom is -0.316 e. The van der Waals surface area contributed by atoms with Crippen LogP contribution in [0.5, 0.6) is 0 Å². The predicted molar refractivity (Wildman–Crippen MR) is 152 cm³/mol. The van der Waals surface area contributed by atoms with E-state index in [9.17, 15) is 0 Å². The molecular weight excluding hydrogens is 400 g/mol. The van der Waals surface area contributed by atoms with Gasteiger partial charge in [-0.05, 0) is 6.42 Å². The molecule has 0 heterocycles. The SMILES string of the molecule is CCCCCCCCCCCCCCCCCCCCCCCCCCCCCCC(N)N. The van der Waals surface area contributed by atoms with Gasteiger partial charge in [0.15, 0.2) is 0 Å². The quantitative estimate of drug-likeness (QED) is 0.0850. The topological polar surface area (TPSA) is 52.0 Å². The minimum absolute atomic E-state index is 0.103. The van der Waals surface area contributed by atoms with E-state index in [4.69, 9.17) is 11.5 Å². The number of hydrogen-bond acceptors (Lipinski definition) is 2. The highest BCUT2D eigenvalue weighted by molar-refractivity contribution is 4.54. The molecule has 0 atom stereocenters. The van der Waals surface area contributed by atoms with Gasteiger partial charge < -0.3 is 11.5 Å². The lowest BCUT2D eigenvalue weighted by Crippen LogP contribution is -2.29. The van der Waals surface area contributed by atoms with E-state index in [2.05, 4.69) is 6.92 Å². The zero-order valence-electron chi connectivity index (χ0n) is 23.2. The Morgan fingerprint density at radius 2 is 0.485 bits per heavy atom. The fraction of sp³-hybridized carbons (Fsp3) is 1.00. The van der Waals surface area contributed by atoms with Gasteiger partial charge >= 0.3 is 0 Å². The molecule has 4 N–H and O–H groups in total. The first kappa shape index (κ1) is 32.9. The van der Waals surface area contributed by atoms with E-state index in [1.165, 1.54) is 180 Å². The Morgan fingerprint density at radius 3 is 0.667 bits per heavy atom. The van der Waals surface area contributed by atoms with E-state index in [0.29, 0.717) is 0 Å². The van der Waals surface area contributed by atoms with Gasteiger partial charge in [0.25, 0.3) is 0 Å². The van der Waals surface area contributed by atoms with Crippen molar-refractivity contribution in [2.45, 2.75) is 199 Å². The lowest BCUT2D eigenvalue weighted by Gasteiger charge is -2.05. The van der Waals surface area contributed by atoms with Crippen molar-refractivity contribution in [2.75, 3.05) is 0 Å². The van der Waals surface area contributed by atoms with Crippen molar-refractivity contribution in [1.82, 2.24) is 0 Å². The first-order chi connectivity index (χ1) is 16.3. The van der Waals surface area contributed by atoms with Gasteiger partial charge in [-0.25, -0.2) is 0 Å². The van der Waals surface area contributed by atoms with E-state index in [1.54, 1.807) is 0 Å². The fourth-order valence-electron chi connectivity index (χ4n) is 5.05. The summed E-state index contributed by atoms with van der Waals surface area (Å²) in [4.78, 5) is 0. The fourth-order valence-corrected chi connectivity index (χ4v) is 5.05. The van der Waals surface area contributed by atoms with Crippen molar-refractivity contribution >= 4 is 0 Å². The standard InChI is InChI=1S/C31H66N2/c1-2-3-4-5-6-7-8-9-10-11-12-13-14-15-16-17-18-19-20-21-22-23-24-25-26-27-28-29-30-31(32)33/h31H,2-30,32-33H2,1H3. The summed E-state index contributed by atoms with van der Waals surface area (Å²) in [5.41, 5.74) is 11.2. The van der Waals surface area contributed by atoms with Gasteiger partial charge in [0, 0.05) is 0 Å². The zero-order chi connectivity index (χ0) is 24.1. The van der Waals surface area contributed by atoms with Crippen LogP contribution in [0.1, 0.15) is 193 Å². The molecule has 0 fully saturated rings. The molecular formula is C31H66N2. The van der Waals surface area contributed by atoms with Crippen LogP contribution in [0.3, 0.4) is 0 Å². The van der Waals surface area contributed by atoms with E-state index in [0.717, 1.165) is 6.42 Å². The lowest BCUT2D eigenvalue weighted by atomic mass is 10.0. The number of unbranched alkanes of at least 4 members (excludes halogenated alkanes) is 27. The van der Waals surface area contributed by atoms with Gasteiger partial charge in [-0.3, -0.25) is 0 Å². The van der Waals surface area contributed by atoms with Crippen molar-refractivity contribution in [2.24, 2.45) is 11.5 Å². The van der Waals surface area contributed by atoms with Crippen LogP contribution in [0.2, 0.25) is 0 Å². The average molecular weight is 467 g/mol. The van der Waals surface area contributed by atoms with E-state index in [1.807, 2.05) is 0 Å². The van der Waals surface area contributed by atoms with Crippen LogP contribution < -0.4 is 11.5 Å². The van der Waals surface area contributed by atoms with Gasteiger partial charge in [0.1, 0.15) is 0 Å². The van der Waals surface area contributed by atoms with Crippen LogP contribution in [-0.4, -0.2) is 6.17 Å². The normalized spacial score (nSPS) is 11.6. The Hall–Kier alpha value is -0.0800. The maximum atomic E-state index is 5.58. The lowest BCUT2D eigenvalue weighted by molar-refractivity contribution is 0.510. The number of rotatable bonds is 29. The smallest absolute Gasteiger partial charge is 0.0520 e. The number of hydrogen-bond donors (Lipinski definition) is 2. The van der Waals surface area contributed by atoms with Gasteiger partial charge in [0.2, 0.25) is 0 Å². The van der Waals surface area contributed by atoms with Crippen LogP contribution in [0.4, 0.5) is 0 Å². The Kier molecular flexibility index (Phi) is 29.9. The third kappa shape index (κ3) is 31.9. The average Bonchev–Trinajstić information content (AvgIpc) is 2.80. The highest BCUT2D eigenvalue weighted by Crippen LogP contribution is 2.16. The maximum absolute atomic E-state index is 5.58. The molecule has 0 aliphatic carbocycles. The predicted octanol–water partition coefficient (Wildman–Crippen LogP) is 10.6. The van der Waals surface area contributed by atoms with Crippen LogP contribution in [0, 0.1) is 0 Å². The third-order valence-corrected chi connectivity index (χ3v) is 7.39. The molecule has 0 aliphatic heterocycles. The summed E-state index contributed by atoms with van der Waals surface area (Å²) in [6, 6.07) is 0. The van der Waals surface area contributed by atoms with Crippen molar-refractivity contribution in [3.05, 3.63) is 0 Å². The van der Waals surface area contributed by atoms with Crippen LogP contribution in [0.15, 0.2) is 0 Å². The van der Waals surface area contributed by atoms with Crippen LogP contribution >= 0.6 is 0 Å². The minimum atomic E-state index is -0.103. The van der Waals surface area contributed by atoms with Crippen LogP contribution in [0.25, 0.3) is 0 Å². The van der Waals surface area contributed by atoms with Gasteiger partial charge in [-0.1, -0.05) is 187 Å². The molecule has 0 aromatic heterocycles. The van der Waals surface area contributed by atoms with E-state index >= 15 is 0 Å². The molecule has 0 radical (unpaired) electrons. The molecule has 0 saturated carbocycles. The molecule has 0 unspecified atom stereocenters. The molecule has 0 amide bonds. The summed E-state index contributed by atoms with van der Waals surface area (Å²) >= 11 is 0. The first-order valence-electron chi connectivity index (χ1n) is 15.8. The molecule has 0 aromatic rings. The van der Waals surface area contributed by atoms with Crippen molar-refractivity contribution in [3.8, 4) is 0 Å². The summed E-state index contributed by atoms with van der Waals surface area (Å²) in [6.07, 6.45) is 41.4. The summed E-state index contributed by atoms with van der Waals surface area (Å²) < 4.78 is 0. The Labute approximate surface area is 210 Å². The Morgan fingerprint density at radius 1 is 0.303 bits per heavy atom. The second kappa shape index (κ2) is 30.0. The molecule has 0 spiro atoms. The molecule has 0 saturated heterocycles. The van der Waals surface area contributed by atoms with Gasteiger partial charge in [-0.15, -0.1) is 0 Å². The van der Waals surface area contributed by atoms with E-state index in [-0.39, 0.29) is 6.17 Å². The molecule has 2 nitrogen and oxygen atoms in total. The van der Waals surface area contributed by atoms with Crippen molar-refractivity contribution < 1.29 is 0 Å². The largest absolute Gasteiger partial charge is 0.316 e. The molecule has 0 aliphatic rings. The van der Waals surface area contributed by atoms with Crippen molar-refractivity contribution in [1.29, 1.82) is 0 Å². The zero-order valence-corrected chi connectivity index (χ0v) is 23.2. The number of nitrogens with two attached hydrogens (primary N) is 2. The van der Waals surface area contributed by atoms with E-state index < -0.39 is 0 Å². The molecule has 0 rings (SSSR count). The highest BCUT2D eigenvalue weighted by Gasteiger charge is 1.97. The van der Waals surface area contributed by atoms with Crippen molar-refractivity contribution in [3.63, 3.8) is 0 Å². The Balaban J connectivity index is 3.00. The Bertz CT molecular complexity index is 329. The van der Waals surface area contributed by atoms with Gasteiger partial charge in [-0.2, -0.15) is 0 Å². The third-order valence-electron chi connectivity index (χ3n) is 7.39.